The van der Waals surface area contributed by atoms with Crippen molar-refractivity contribution in [3.63, 3.8) is 0 Å². The predicted molar refractivity (Wildman–Crippen MR) is 245 cm³/mol. The fraction of sp³-hybridized carbons (Fsp3) is 0.941. The van der Waals surface area contributed by atoms with Crippen LogP contribution >= 0.6 is 0 Å². The minimum Gasteiger partial charge on any atom is -0.394 e. The highest BCUT2D eigenvalue weighted by molar-refractivity contribution is 5.76. The van der Waals surface area contributed by atoms with E-state index in [-0.39, 0.29) is 18.9 Å². The van der Waals surface area contributed by atoms with E-state index in [0.29, 0.717) is 6.42 Å². The summed E-state index contributed by atoms with van der Waals surface area (Å²) in [6, 6.07) is -0.740. The van der Waals surface area contributed by atoms with Gasteiger partial charge >= 0.3 is 0 Å². The van der Waals surface area contributed by atoms with Crippen molar-refractivity contribution < 1.29 is 20.1 Å². The fourth-order valence-corrected chi connectivity index (χ4v) is 8.17. The Morgan fingerprint density at radius 1 is 0.446 bits per heavy atom. The number of aliphatic hydroxyl groups is 3. The zero-order chi connectivity index (χ0) is 40.8. The van der Waals surface area contributed by atoms with E-state index in [1.165, 1.54) is 231 Å². The highest BCUT2D eigenvalue weighted by Gasteiger charge is 2.20. The summed E-state index contributed by atoms with van der Waals surface area (Å²) in [5.41, 5.74) is 0. The third kappa shape index (κ3) is 42.7. The number of carbonyl (C=O) groups is 1. The maximum atomic E-state index is 12.5. The summed E-state index contributed by atoms with van der Waals surface area (Å²) in [4.78, 5) is 12.5. The maximum absolute atomic E-state index is 12.5. The van der Waals surface area contributed by atoms with Crippen molar-refractivity contribution in [1.29, 1.82) is 0 Å². The Balaban J connectivity index is 3.54. The average molecular weight is 792 g/mol. The van der Waals surface area contributed by atoms with Crippen molar-refractivity contribution in [3.05, 3.63) is 12.2 Å². The second kappa shape index (κ2) is 46.8. The first kappa shape index (κ1) is 55.1. The summed E-state index contributed by atoms with van der Waals surface area (Å²) in [6.45, 7) is 4.24. The molecule has 0 fully saturated rings. The van der Waals surface area contributed by atoms with Gasteiger partial charge in [0.25, 0.3) is 0 Å². The first-order chi connectivity index (χ1) is 27.5. The van der Waals surface area contributed by atoms with E-state index in [4.69, 9.17) is 0 Å². The molecule has 0 aromatic carbocycles. The van der Waals surface area contributed by atoms with Crippen LogP contribution in [0.3, 0.4) is 0 Å². The lowest BCUT2D eigenvalue weighted by molar-refractivity contribution is -0.124. The topological polar surface area (TPSA) is 89.8 Å². The molecule has 5 heteroatoms. The molecule has 0 rings (SSSR count). The zero-order valence-corrected chi connectivity index (χ0v) is 38.0. The Labute approximate surface area is 350 Å². The Morgan fingerprint density at radius 2 is 0.732 bits per heavy atom. The fourth-order valence-electron chi connectivity index (χ4n) is 8.17. The summed E-state index contributed by atoms with van der Waals surface area (Å²) in [5, 5.41) is 33.3. The van der Waals surface area contributed by atoms with Gasteiger partial charge in [-0.25, -0.2) is 0 Å². The van der Waals surface area contributed by atoms with Crippen LogP contribution in [0.5, 0.6) is 0 Å². The molecule has 0 aromatic heterocycles. The molecule has 5 nitrogen and oxygen atoms in total. The second-order valence-electron chi connectivity index (χ2n) is 17.8. The van der Waals surface area contributed by atoms with Gasteiger partial charge in [-0.05, 0) is 19.3 Å². The van der Waals surface area contributed by atoms with Gasteiger partial charge in [0.15, 0.2) is 0 Å². The number of hydrogen-bond acceptors (Lipinski definition) is 4. The minimum atomic E-state index is -0.925. The van der Waals surface area contributed by atoms with Crippen LogP contribution in [-0.2, 0) is 4.79 Å². The molecule has 0 saturated heterocycles. The quantitative estimate of drug-likeness (QED) is 0.0365. The number of nitrogens with one attached hydrogen (secondary N) is 1. The molecule has 0 spiro atoms. The van der Waals surface area contributed by atoms with Crippen molar-refractivity contribution in [2.45, 2.75) is 302 Å². The molecule has 4 N–H and O–H groups in total. The van der Waals surface area contributed by atoms with Gasteiger partial charge in [0.05, 0.1) is 31.3 Å². The summed E-state index contributed by atoms with van der Waals surface area (Å²) >= 11 is 0. The summed E-state index contributed by atoms with van der Waals surface area (Å²) in [7, 11) is 0. The number of amides is 1. The zero-order valence-electron chi connectivity index (χ0n) is 38.0. The van der Waals surface area contributed by atoms with Crippen LogP contribution in [0.25, 0.3) is 0 Å². The van der Waals surface area contributed by atoms with Crippen LogP contribution in [-0.4, -0.2) is 46.1 Å². The van der Waals surface area contributed by atoms with E-state index in [0.717, 1.165) is 25.7 Å². The maximum Gasteiger partial charge on any atom is 0.222 e. The second-order valence-corrected chi connectivity index (χ2v) is 17.8. The van der Waals surface area contributed by atoms with Crippen LogP contribution in [0.15, 0.2) is 12.2 Å². The number of aliphatic hydroxyl groups excluding tert-OH is 3. The Morgan fingerprint density at radius 3 is 1.04 bits per heavy atom. The van der Waals surface area contributed by atoms with Gasteiger partial charge in [-0.3, -0.25) is 4.79 Å². The first-order valence-electron chi connectivity index (χ1n) is 25.5. The van der Waals surface area contributed by atoms with Gasteiger partial charge in [-0.1, -0.05) is 270 Å². The normalized spacial score (nSPS) is 13.4. The van der Waals surface area contributed by atoms with Gasteiger partial charge in [0, 0.05) is 0 Å². The van der Waals surface area contributed by atoms with E-state index in [9.17, 15) is 20.1 Å². The molecule has 3 atom stereocenters. The number of hydrogen-bond donors (Lipinski definition) is 4. The van der Waals surface area contributed by atoms with Gasteiger partial charge in [-0.15, -0.1) is 0 Å². The molecule has 0 aliphatic heterocycles. The van der Waals surface area contributed by atoms with Crippen LogP contribution < -0.4 is 5.32 Å². The molecule has 0 bridgehead atoms. The number of carbonyl (C=O) groups excluding carboxylic acids is 1. The van der Waals surface area contributed by atoms with E-state index in [1.54, 1.807) is 6.08 Å². The van der Waals surface area contributed by atoms with Crippen molar-refractivity contribution in [3.8, 4) is 0 Å². The Bertz CT molecular complexity index is 788. The average Bonchev–Trinajstić information content (AvgIpc) is 3.19. The standard InChI is InChI=1S/C51H101NO4/c1-3-5-7-9-11-13-15-17-19-21-22-23-24-25-26-27-28-29-30-32-34-36-38-40-42-44-48(54)46-51(56)52-49(47-53)50(55)45-43-41-39-37-35-33-31-20-18-16-14-12-10-8-6-4-2/h43,45,48-50,53-55H,3-42,44,46-47H2,1-2H3,(H,52,56)/b45-43+. The number of allylic oxidation sites excluding steroid dienone is 1. The summed E-state index contributed by atoms with van der Waals surface area (Å²) in [6.07, 6.45) is 56.7. The van der Waals surface area contributed by atoms with Crippen molar-refractivity contribution in [1.82, 2.24) is 5.32 Å². The smallest absolute Gasteiger partial charge is 0.222 e. The lowest BCUT2D eigenvalue weighted by Crippen LogP contribution is -2.45. The van der Waals surface area contributed by atoms with Crippen LogP contribution in [0.4, 0.5) is 0 Å². The van der Waals surface area contributed by atoms with Gasteiger partial charge in [0.2, 0.25) is 5.91 Å². The highest BCUT2D eigenvalue weighted by atomic mass is 16.3. The van der Waals surface area contributed by atoms with Crippen molar-refractivity contribution in [2.75, 3.05) is 6.61 Å². The lowest BCUT2D eigenvalue weighted by atomic mass is 10.0. The van der Waals surface area contributed by atoms with Crippen LogP contribution in [0.2, 0.25) is 0 Å². The molecule has 0 aliphatic carbocycles. The van der Waals surface area contributed by atoms with E-state index >= 15 is 0 Å². The molecule has 0 aromatic rings. The van der Waals surface area contributed by atoms with Gasteiger partial charge < -0.3 is 20.6 Å². The van der Waals surface area contributed by atoms with Gasteiger partial charge in [0.1, 0.15) is 0 Å². The molecule has 0 saturated carbocycles. The third-order valence-electron chi connectivity index (χ3n) is 12.1. The molecular formula is C51H101NO4. The highest BCUT2D eigenvalue weighted by Crippen LogP contribution is 2.17. The SMILES string of the molecule is CCCCCCCCCCCCCCCC/C=C/C(O)C(CO)NC(=O)CC(O)CCCCCCCCCCCCCCCCCCCCCCCCCCC. The molecule has 1 amide bonds. The van der Waals surface area contributed by atoms with E-state index in [2.05, 4.69) is 19.2 Å². The monoisotopic (exact) mass is 792 g/mol. The van der Waals surface area contributed by atoms with Crippen LogP contribution in [0, 0.1) is 0 Å². The minimum absolute atomic E-state index is 0.0192. The molecule has 3 unspecified atom stereocenters. The molecule has 0 aliphatic rings. The molecular weight excluding hydrogens is 691 g/mol. The third-order valence-corrected chi connectivity index (χ3v) is 12.1. The van der Waals surface area contributed by atoms with Crippen molar-refractivity contribution >= 4 is 5.91 Å². The predicted octanol–water partition coefficient (Wildman–Crippen LogP) is 15.2. The largest absolute Gasteiger partial charge is 0.394 e. The van der Waals surface area contributed by atoms with E-state index < -0.39 is 18.2 Å². The first-order valence-corrected chi connectivity index (χ1v) is 25.5. The summed E-state index contributed by atoms with van der Waals surface area (Å²) in [5.74, 6) is -0.310. The van der Waals surface area contributed by atoms with Gasteiger partial charge in [-0.2, -0.15) is 0 Å². The number of unbranched alkanes of at least 4 members (excludes halogenated alkanes) is 38. The van der Waals surface area contributed by atoms with Crippen LogP contribution in [0.1, 0.15) is 284 Å². The molecule has 0 radical (unpaired) electrons. The summed E-state index contributed by atoms with van der Waals surface area (Å²) < 4.78 is 0. The Hall–Kier alpha value is -0.910. The van der Waals surface area contributed by atoms with E-state index in [1.807, 2.05) is 6.08 Å². The Kier molecular flexibility index (Phi) is 46.0. The number of rotatable bonds is 47. The molecule has 334 valence electrons. The molecule has 56 heavy (non-hydrogen) atoms. The lowest BCUT2D eigenvalue weighted by Gasteiger charge is -2.21. The van der Waals surface area contributed by atoms with Crippen molar-refractivity contribution in [2.24, 2.45) is 0 Å². The molecule has 0 heterocycles.